The lowest BCUT2D eigenvalue weighted by Crippen LogP contribution is -2.38. The first-order chi connectivity index (χ1) is 7.92. The monoisotopic (exact) mass is 314 g/mol. The highest BCUT2D eigenvalue weighted by Crippen LogP contribution is 2.25. The van der Waals surface area contributed by atoms with Crippen LogP contribution in [0, 0.1) is 16.7 Å². The van der Waals surface area contributed by atoms with Crippen LogP contribution in [-0.4, -0.2) is 17.9 Å². The molecule has 1 heterocycles. The summed E-state index contributed by atoms with van der Waals surface area (Å²) < 4.78 is 1.02. The van der Waals surface area contributed by atoms with E-state index in [2.05, 4.69) is 22.0 Å². The Balaban J connectivity index is 2.74. The summed E-state index contributed by atoms with van der Waals surface area (Å²) in [6.45, 7) is 4.10. The Morgan fingerprint density at radius 1 is 1.71 bits per heavy atom. The maximum absolute atomic E-state index is 12.1. The summed E-state index contributed by atoms with van der Waals surface area (Å²) in [6, 6.07) is 4.09. The largest absolute Gasteiger partial charge is 0.339 e. The highest BCUT2D eigenvalue weighted by Gasteiger charge is 2.33. The summed E-state index contributed by atoms with van der Waals surface area (Å²) in [5.74, 6) is -0.118. The molecular weight excluding hydrogens is 300 g/mol. The predicted molar refractivity (Wildman–Crippen MR) is 72.5 cm³/mol. The van der Waals surface area contributed by atoms with Crippen LogP contribution in [0.4, 0.5) is 0 Å². The van der Waals surface area contributed by atoms with Crippen molar-refractivity contribution in [3.63, 3.8) is 0 Å². The highest BCUT2D eigenvalue weighted by molar-refractivity contribution is 9.10. The lowest BCUT2D eigenvalue weighted by atomic mass is 9.88. The Bertz CT molecular complexity index is 452. The fourth-order valence-electron chi connectivity index (χ4n) is 1.44. The molecular formula is C12H15BrN2OS. The van der Waals surface area contributed by atoms with E-state index in [-0.39, 0.29) is 5.91 Å². The van der Waals surface area contributed by atoms with Crippen LogP contribution >= 0.6 is 27.3 Å². The maximum atomic E-state index is 12.1. The number of rotatable bonds is 4. The highest BCUT2D eigenvalue weighted by atomic mass is 79.9. The van der Waals surface area contributed by atoms with Crippen molar-refractivity contribution in [3.8, 4) is 6.07 Å². The van der Waals surface area contributed by atoms with Gasteiger partial charge in [-0.1, -0.05) is 6.92 Å². The summed E-state index contributed by atoms with van der Waals surface area (Å²) in [5.41, 5.74) is -0.913. The van der Waals surface area contributed by atoms with Crippen molar-refractivity contribution in [2.75, 3.05) is 7.05 Å². The van der Waals surface area contributed by atoms with Gasteiger partial charge in [0.05, 0.1) is 12.6 Å². The van der Waals surface area contributed by atoms with E-state index >= 15 is 0 Å². The maximum Gasteiger partial charge on any atom is 0.242 e. The molecule has 0 fully saturated rings. The van der Waals surface area contributed by atoms with Gasteiger partial charge in [-0.05, 0) is 35.3 Å². The second-order valence-electron chi connectivity index (χ2n) is 4.19. The molecule has 0 aliphatic carbocycles. The van der Waals surface area contributed by atoms with Gasteiger partial charge in [0.2, 0.25) is 5.91 Å². The molecule has 0 saturated carbocycles. The van der Waals surface area contributed by atoms with Crippen molar-refractivity contribution in [2.24, 2.45) is 5.41 Å². The summed E-state index contributed by atoms with van der Waals surface area (Å²) >= 11 is 4.98. The third-order valence-corrected chi connectivity index (χ3v) is 4.47. The Morgan fingerprint density at radius 2 is 2.35 bits per heavy atom. The van der Waals surface area contributed by atoms with Crippen LogP contribution in [-0.2, 0) is 11.3 Å². The molecule has 5 heteroatoms. The molecule has 17 heavy (non-hydrogen) atoms. The number of thiophene rings is 1. The van der Waals surface area contributed by atoms with Crippen LogP contribution in [0.25, 0.3) is 0 Å². The Morgan fingerprint density at radius 3 is 2.76 bits per heavy atom. The van der Waals surface area contributed by atoms with Crippen molar-refractivity contribution in [2.45, 2.75) is 26.8 Å². The number of nitriles is 1. The minimum Gasteiger partial charge on any atom is -0.339 e. The Hall–Kier alpha value is -0.860. The standard InChI is InChI=1S/C12H15BrN2OS/c1-4-12(2,8-14)11(16)15(3)6-10-5-9(13)7-17-10/h5,7H,4,6H2,1-3H3. The van der Waals surface area contributed by atoms with E-state index in [1.54, 1.807) is 30.2 Å². The molecule has 0 saturated heterocycles. The smallest absolute Gasteiger partial charge is 0.242 e. The predicted octanol–water partition coefficient (Wildman–Crippen LogP) is 3.41. The summed E-state index contributed by atoms with van der Waals surface area (Å²) in [5, 5.41) is 11.1. The van der Waals surface area contributed by atoms with Gasteiger partial charge in [-0.15, -0.1) is 11.3 Å². The van der Waals surface area contributed by atoms with Crippen LogP contribution in [0.1, 0.15) is 25.1 Å². The molecule has 1 aromatic heterocycles. The molecule has 1 atom stereocenters. The molecule has 1 rings (SSSR count). The molecule has 0 spiro atoms. The van der Waals surface area contributed by atoms with Gasteiger partial charge in [-0.3, -0.25) is 4.79 Å². The first kappa shape index (κ1) is 14.2. The number of nitrogens with zero attached hydrogens (tertiary/aromatic N) is 2. The second-order valence-corrected chi connectivity index (χ2v) is 6.10. The van der Waals surface area contributed by atoms with Crippen molar-refractivity contribution in [3.05, 3.63) is 20.8 Å². The minimum absolute atomic E-state index is 0.118. The van der Waals surface area contributed by atoms with Crippen LogP contribution in [0.3, 0.4) is 0 Å². The lowest BCUT2D eigenvalue weighted by Gasteiger charge is -2.25. The molecule has 1 aromatic rings. The van der Waals surface area contributed by atoms with E-state index in [0.717, 1.165) is 9.35 Å². The molecule has 0 bridgehead atoms. The number of hydrogen-bond donors (Lipinski definition) is 0. The number of carbonyl (C=O) groups is 1. The van der Waals surface area contributed by atoms with Gasteiger partial charge >= 0.3 is 0 Å². The lowest BCUT2D eigenvalue weighted by molar-refractivity contribution is -0.137. The van der Waals surface area contributed by atoms with E-state index in [1.807, 2.05) is 18.4 Å². The van der Waals surface area contributed by atoms with Gasteiger partial charge < -0.3 is 4.90 Å². The SMILES string of the molecule is CCC(C)(C#N)C(=O)N(C)Cc1cc(Br)cs1. The molecule has 0 aromatic carbocycles. The van der Waals surface area contributed by atoms with Gasteiger partial charge in [0.15, 0.2) is 0 Å². The molecule has 92 valence electrons. The average Bonchev–Trinajstić information content (AvgIpc) is 2.72. The van der Waals surface area contributed by atoms with Gasteiger partial charge in [0.1, 0.15) is 5.41 Å². The summed E-state index contributed by atoms with van der Waals surface area (Å²) in [4.78, 5) is 14.9. The van der Waals surface area contributed by atoms with E-state index in [1.165, 1.54) is 0 Å². The fraction of sp³-hybridized carbons (Fsp3) is 0.500. The zero-order valence-electron chi connectivity index (χ0n) is 10.2. The van der Waals surface area contributed by atoms with Crippen molar-refractivity contribution in [1.29, 1.82) is 5.26 Å². The van der Waals surface area contributed by atoms with Crippen molar-refractivity contribution < 1.29 is 4.79 Å². The zero-order chi connectivity index (χ0) is 13.1. The third kappa shape index (κ3) is 3.30. The topological polar surface area (TPSA) is 44.1 Å². The van der Waals surface area contributed by atoms with Crippen LogP contribution < -0.4 is 0 Å². The second kappa shape index (κ2) is 5.65. The van der Waals surface area contributed by atoms with Crippen LogP contribution in [0.2, 0.25) is 0 Å². The minimum atomic E-state index is -0.913. The summed E-state index contributed by atoms with van der Waals surface area (Å²) in [6.07, 6.45) is 0.529. The summed E-state index contributed by atoms with van der Waals surface area (Å²) in [7, 11) is 1.74. The normalized spacial score (nSPS) is 13.8. The molecule has 1 unspecified atom stereocenters. The number of amides is 1. The molecule has 3 nitrogen and oxygen atoms in total. The van der Waals surface area contributed by atoms with E-state index in [0.29, 0.717) is 13.0 Å². The van der Waals surface area contributed by atoms with Gasteiger partial charge in [-0.25, -0.2) is 0 Å². The third-order valence-electron chi connectivity index (χ3n) is 2.79. The van der Waals surface area contributed by atoms with Crippen molar-refractivity contribution >= 4 is 33.2 Å². The number of carbonyl (C=O) groups excluding carboxylic acids is 1. The molecule has 0 aliphatic heterocycles. The van der Waals surface area contributed by atoms with Gasteiger partial charge in [0.25, 0.3) is 0 Å². The van der Waals surface area contributed by atoms with E-state index in [4.69, 9.17) is 5.26 Å². The molecule has 0 N–H and O–H groups in total. The van der Waals surface area contributed by atoms with E-state index in [9.17, 15) is 4.79 Å². The van der Waals surface area contributed by atoms with Gasteiger partial charge in [0, 0.05) is 21.8 Å². The number of halogens is 1. The van der Waals surface area contributed by atoms with Crippen LogP contribution in [0.5, 0.6) is 0 Å². The first-order valence-electron chi connectivity index (χ1n) is 5.32. The molecule has 0 radical (unpaired) electrons. The average molecular weight is 315 g/mol. The molecule has 0 aliphatic rings. The van der Waals surface area contributed by atoms with E-state index < -0.39 is 5.41 Å². The van der Waals surface area contributed by atoms with Crippen molar-refractivity contribution in [1.82, 2.24) is 4.90 Å². The number of hydrogen-bond acceptors (Lipinski definition) is 3. The zero-order valence-corrected chi connectivity index (χ0v) is 12.6. The molecule has 1 amide bonds. The van der Waals surface area contributed by atoms with Gasteiger partial charge in [-0.2, -0.15) is 5.26 Å². The first-order valence-corrected chi connectivity index (χ1v) is 7.00. The van der Waals surface area contributed by atoms with Crippen LogP contribution in [0.15, 0.2) is 15.9 Å². The Labute approximate surface area is 114 Å². The Kier molecular flexibility index (Phi) is 4.72. The fourth-order valence-corrected chi connectivity index (χ4v) is 2.95. The quantitative estimate of drug-likeness (QED) is 0.854.